The standard InChI is InChI=1S/C21H29ClN2O5/c1-15(2)29-18-14-19(28-13-12-25-3)23-21-16(18)4-5-17(20(21)22)27-11-8-24-6-9-26-10-7-24/h4-5,14-15H,6-13H2,1-3H3. The van der Waals surface area contributed by atoms with Crippen molar-refractivity contribution in [2.75, 3.05) is 59.8 Å². The number of methoxy groups -OCH3 is 1. The molecule has 0 unspecified atom stereocenters. The molecule has 2 heterocycles. The highest BCUT2D eigenvalue weighted by Gasteiger charge is 2.16. The molecule has 1 aliphatic rings. The number of aromatic nitrogens is 1. The Kier molecular flexibility index (Phi) is 8.18. The Morgan fingerprint density at radius 3 is 2.62 bits per heavy atom. The molecule has 1 aromatic heterocycles. The summed E-state index contributed by atoms with van der Waals surface area (Å²) in [4.78, 5) is 6.89. The minimum Gasteiger partial charge on any atom is -0.491 e. The highest BCUT2D eigenvalue weighted by Crippen LogP contribution is 2.38. The molecule has 7 nitrogen and oxygen atoms in total. The van der Waals surface area contributed by atoms with Crippen LogP contribution < -0.4 is 14.2 Å². The number of hydrogen-bond donors (Lipinski definition) is 0. The van der Waals surface area contributed by atoms with E-state index in [9.17, 15) is 0 Å². The van der Waals surface area contributed by atoms with Crippen molar-refractivity contribution in [3.8, 4) is 17.4 Å². The van der Waals surface area contributed by atoms with Crippen LogP contribution in [0.2, 0.25) is 5.02 Å². The molecule has 8 heteroatoms. The molecule has 1 saturated heterocycles. The minimum absolute atomic E-state index is 0.00986. The summed E-state index contributed by atoms with van der Waals surface area (Å²) >= 11 is 6.65. The number of halogens is 1. The summed E-state index contributed by atoms with van der Waals surface area (Å²) in [6, 6.07) is 5.58. The number of nitrogens with zero attached hydrogens (tertiary/aromatic N) is 2. The van der Waals surface area contributed by atoms with Gasteiger partial charge in [-0.15, -0.1) is 0 Å². The summed E-state index contributed by atoms with van der Waals surface area (Å²) in [6.45, 7) is 9.57. The average molecular weight is 425 g/mol. The number of morpholine rings is 1. The zero-order valence-electron chi connectivity index (χ0n) is 17.3. The largest absolute Gasteiger partial charge is 0.491 e. The molecule has 0 aliphatic carbocycles. The molecule has 0 saturated carbocycles. The predicted molar refractivity (Wildman–Crippen MR) is 113 cm³/mol. The molecular formula is C21H29ClN2O5. The minimum atomic E-state index is 0.00986. The first-order valence-corrected chi connectivity index (χ1v) is 10.3. The number of fused-ring (bicyclic) bond motifs is 1. The summed E-state index contributed by atoms with van der Waals surface area (Å²) in [5.41, 5.74) is 0.598. The molecule has 0 N–H and O–H groups in total. The highest BCUT2D eigenvalue weighted by atomic mass is 35.5. The van der Waals surface area contributed by atoms with E-state index in [1.807, 2.05) is 26.0 Å². The first-order chi connectivity index (χ1) is 14.1. The van der Waals surface area contributed by atoms with Gasteiger partial charge in [0, 0.05) is 38.2 Å². The van der Waals surface area contributed by atoms with Gasteiger partial charge < -0.3 is 23.7 Å². The Morgan fingerprint density at radius 2 is 1.90 bits per heavy atom. The van der Waals surface area contributed by atoms with Crippen molar-refractivity contribution in [2.45, 2.75) is 20.0 Å². The molecule has 1 fully saturated rings. The van der Waals surface area contributed by atoms with E-state index in [-0.39, 0.29) is 6.10 Å². The SMILES string of the molecule is COCCOc1cc(OC(C)C)c2ccc(OCCN3CCOCC3)c(Cl)c2n1. The maximum Gasteiger partial charge on any atom is 0.217 e. The zero-order valence-corrected chi connectivity index (χ0v) is 18.0. The van der Waals surface area contributed by atoms with Gasteiger partial charge in [-0.1, -0.05) is 11.6 Å². The monoisotopic (exact) mass is 424 g/mol. The Balaban J connectivity index is 1.79. The van der Waals surface area contributed by atoms with Crippen molar-refractivity contribution in [2.24, 2.45) is 0 Å². The molecule has 3 rings (SSSR count). The number of pyridine rings is 1. The normalized spacial score (nSPS) is 15.1. The summed E-state index contributed by atoms with van der Waals surface area (Å²) in [6.07, 6.45) is 0.00986. The average Bonchev–Trinajstić information content (AvgIpc) is 2.71. The van der Waals surface area contributed by atoms with Gasteiger partial charge in [0.1, 0.15) is 35.3 Å². The Hall–Kier alpha value is -1.80. The molecule has 0 radical (unpaired) electrons. The molecule has 160 valence electrons. The molecule has 0 amide bonds. The third kappa shape index (κ3) is 6.09. The van der Waals surface area contributed by atoms with Crippen molar-refractivity contribution < 1.29 is 23.7 Å². The van der Waals surface area contributed by atoms with Gasteiger partial charge in [0.05, 0.1) is 25.9 Å². The van der Waals surface area contributed by atoms with Crippen LogP contribution in [0.5, 0.6) is 17.4 Å². The van der Waals surface area contributed by atoms with Gasteiger partial charge in [-0.05, 0) is 26.0 Å². The van der Waals surface area contributed by atoms with Gasteiger partial charge in [-0.2, -0.15) is 0 Å². The topological polar surface area (TPSA) is 62.3 Å². The summed E-state index contributed by atoms with van der Waals surface area (Å²) in [5, 5.41) is 1.28. The third-order valence-corrected chi connectivity index (χ3v) is 4.86. The molecule has 0 atom stereocenters. The van der Waals surface area contributed by atoms with Gasteiger partial charge in [0.25, 0.3) is 0 Å². The van der Waals surface area contributed by atoms with Gasteiger partial charge in [0.2, 0.25) is 5.88 Å². The lowest BCUT2D eigenvalue weighted by Crippen LogP contribution is -2.38. The lowest BCUT2D eigenvalue weighted by molar-refractivity contribution is 0.0322. The fourth-order valence-electron chi connectivity index (χ4n) is 3.06. The predicted octanol–water partition coefficient (Wildman–Crippen LogP) is 3.41. The Bertz CT molecular complexity index is 796. The van der Waals surface area contributed by atoms with E-state index in [0.717, 1.165) is 38.2 Å². The zero-order chi connectivity index (χ0) is 20.6. The Labute approximate surface area is 176 Å². The van der Waals surface area contributed by atoms with E-state index >= 15 is 0 Å². The van der Waals surface area contributed by atoms with Crippen LogP contribution in [0.1, 0.15) is 13.8 Å². The van der Waals surface area contributed by atoms with E-state index in [2.05, 4.69) is 9.88 Å². The van der Waals surface area contributed by atoms with Crippen molar-refractivity contribution in [3.05, 3.63) is 23.2 Å². The summed E-state index contributed by atoms with van der Waals surface area (Å²) in [5.74, 6) is 1.72. The number of benzene rings is 1. The van der Waals surface area contributed by atoms with Crippen LogP contribution in [0, 0.1) is 0 Å². The molecular weight excluding hydrogens is 396 g/mol. The second kappa shape index (κ2) is 10.8. The fourth-order valence-corrected chi connectivity index (χ4v) is 3.32. The molecule has 1 aromatic carbocycles. The maximum atomic E-state index is 6.65. The van der Waals surface area contributed by atoms with Gasteiger partial charge in [0.15, 0.2) is 0 Å². The first-order valence-electron chi connectivity index (χ1n) is 9.93. The van der Waals surface area contributed by atoms with Crippen molar-refractivity contribution >= 4 is 22.5 Å². The fraction of sp³-hybridized carbons (Fsp3) is 0.571. The van der Waals surface area contributed by atoms with Gasteiger partial charge in [-0.25, -0.2) is 4.98 Å². The molecule has 0 spiro atoms. The van der Waals surface area contributed by atoms with E-state index in [4.69, 9.17) is 35.3 Å². The summed E-state index contributed by atoms with van der Waals surface area (Å²) < 4.78 is 28.0. The van der Waals surface area contributed by atoms with Crippen LogP contribution >= 0.6 is 11.6 Å². The van der Waals surface area contributed by atoms with E-state index in [1.165, 1.54) is 0 Å². The van der Waals surface area contributed by atoms with Crippen LogP contribution in [0.25, 0.3) is 10.9 Å². The molecule has 0 bridgehead atoms. The highest BCUT2D eigenvalue weighted by molar-refractivity contribution is 6.36. The van der Waals surface area contributed by atoms with Crippen LogP contribution in [0.4, 0.5) is 0 Å². The molecule has 29 heavy (non-hydrogen) atoms. The lowest BCUT2D eigenvalue weighted by atomic mass is 10.2. The number of ether oxygens (including phenoxy) is 5. The van der Waals surface area contributed by atoms with Crippen molar-refractivity contribution in [1.29, 1.82) is 0 Å². The van der Waals surface area contributed by atoms with Crippen LogP contribution in [0.3, 0.4) is 0 Å². The number of hydrogen-bond acceptors (Lipinski definition) is 7. The van der Waals surface area contributed by atoms with Crippen LogP contribution in [-0.2, 0) is 9.47 Å². The molecule has 1 aliphatic heterocycles. The smallest absolute Gasteiger partial charge is 0.217 e. The van der Waals surface area contributed by atoms with Crippen LogP contribution in [-0.4, -0.2) is 75.8 Å². The van der Waals surface area contributed by atoms with Gasteiger partial charge in [-0.3, -0.25) is 4.90 Å². The number of rotatable bonds is 10. The second-order valence-corrected chi connectivity index (χ2v) is 7.42. The maximum absolute atomic E-state index is 6.65. The Morgan fingerprint density at radius 1 is 1.10 bits per heavy atom. The second-order valence-electron chi connectivity index (χ2n) is 7.04. The van der Waals surface area contributed by atoms with Crippen molar-refractivity contribution in [3.63, 3.8) is 0 Å². The van der Waals surface area contributed by atoms with E-state index < -0.39 is 0 Å². The summed E-state index contributed by atoms with van der Waals surface area (Å²) in [7, 11) is 1.63. The van der Waals surface area contributed by atoms with Crippen LogP contribution in [0.15, 0.2) is 18.2 Å². The first kappa shape index (κ1) is 21.9. The van der Waals surface area contributed by atoms with E-state index in [1.54, 1.807) is 13.2 Å². The molecule has 2 aromatic rings. The van der Waals surface area contributed by atoms with Gasteiger partial charge >= 0.3 is 0 Å². The van der Waals surface area contributed by atoms with E-state index in [0.29, 0.717) is 47.7 Å². The third-order valence-electron chi connectivity index (χ3n) is 4.49. The van der Waals surface area contributed by atoms with Crippen molar-refractivity contribution in [1.82, 2.24) is 9.88 Å². The quantitative estimate of drug-likeness (QED) is 0.541. The lowest BCUT2D eigenvalue weighted by Gasteiger charge is -2.26.